The quantitative estimate of drug-likeness (QED) is 0.106. The van der Waals surface area contributed by atoms with Gasteiger partial charge in [0, 0.05) is 48.4 Å². The molecule has 0 spiro atoms. The molecule has 49 heavy (non-hydrogen) atoms. The largest absolute Gasteiger partial charge is 0.454 e. The van der Waals surface area contributed by atoms with Crippen molar-refractivity contribution in [2.45, 2.75) is 33.0 Å². The van der Waals surface area contributed by atoms with Crippen LogP contribution in [-0.4, -0.2) is 58.4 Å². The van der Waals surface area contributed by atoms with Crippen LogP contribution in [0.3, 0.4) is 0 Å². The van der Waals surface area contributed by atoms with Crippen LogP contribution in [0.2, 0.25) is 10.0 Å². The fourth-order valence-electron chi connectivity index (χ4n) is 4.09. The smallest absolute Gasteiger partial charge is 0.422 e. The zero-order valence-corrected chi connectivity index (χ0v) is 27.8. The Morgan fingerprint density at radius 2 is 1.41 bits per heavy atom. The Morgan fingerprint density at radius 3 is 2.02 bits per heavy atom. The van der Waals surface area contributed by atoms with Gasteiger partial charge in [0.15, 0.2) is 6.61 Å². The number of alkyl halides is 3. The lowest BCUT2D eigenvalue weighted by molar-refractivity contribution is -0.154. The van der Waals surface area contributed by atoms with Crippen molar-refractivity contribution in [1.29, 1.82) is 0 Å². The van der Waals surface area contributed by atoms with Crippen molar-refractivity contribution in [3.05, 3.63) is 99.7 Å². The number of benzene rings is 2. The van der Waals surface area contributed by atoms with E-state index in [-0.39, 0.29) is 42.5 Å². The maximum absolute atomic E-state index is 12.8. The van der Waals surface area contributed by atoms with Crippen LogP contribution in [0, 0.1) is 5.41 Å². The number of carbonyl (C=O) groups excluding carboxylic acids is 3. The topological polar surface area (TPSA) is 147 Å². The minimum Gasteiger partial charge on any atom is -0.454 e. The summed E-state index contributed by atoms with van der Waals surface area (Å²) in [7, 11) is 0. The average Bonchev–Trinajstić information content (AvgIpc) is 3.06. The molecule has 0 aliphatic heterocycles. The summed E-state index contributed by atoms with van der Waals surface area (Å²) in [5.74, 6) is -1.24. The molecule has 4 rings (SSSR count). The summed E-state index contributed by atoms with van der Waals surface area (Å²) in [6.07, 6.45) is -3.35. The molecular formula is C33H32Cl2F3N7O4. The highest BCUT2D eigenvalue weighted by Gasteiger charge is 2.29. The standard InChI is InChI=1S/C33H32Cl2F3N7O4/c1-32(2,18-42-30(48)25(46)13-20-3-8-23(34)9-4-20)17-41-29(47)22-7-12-26(40-16-22)43-28-14-27(39-15-21-5-10-24(35)11-6-21)44-31(45-28)49-19-33(36,37)38/h3-12,14,16H,13,15,17-19H2,1-2H3,(H,41,47)(H,42,48)(H2,39,40,43,44,45). The lowest BCUT2D eigenvalue weighted by atomic mass is 9.93. The van der Waals surface area contributed by atoms with Gasteiger partial charge in [-0.2, -0.15) is 23.1 Å². The highest BCUT2D eigenvalue weighted by atomic mass is 35.5. The number of aromatic nitrogens is 3. The van der Waals surface area contributed by atoms with Crippen LogP contribution in [0.15, 0.2) is 72.9 Å². The van der Waals surface area contributed by atoms with Crippen molar-refractivity contribution in [3.63, 3.8) is 0 Å². The normalized spacial score (nSPS) is 11.4. The van der Waals surface area contributed by atoms with Crippen LogP contribution >= 0.6 is 23.2 Å². The van der Waals surface area contributed by atoms with E-state index in [4.69, 9.17) is 27.9 Å². The van der Waals surface area contributed by atoms with E-state index in [1.165, 1.54) is 24.4 Å². The number of rotatable bonds is 15. The second-order valence-corrected chi connectivity index (χ2v) is 12.5. The molecule has 0 saturated heterocycles. The van der Waals surface area contributed by atoms with Gasteiger partial charge in [0.1, 0.15) is 17.5 Å². The fraction of sp³-hybridized carbons (Fsp3) is 0.273. The van der Waals surface area contributed by atoms with Gasteiger partial charge >= 0.3 is 12.2 Å². The first-order valence-corrected chi connectivity index (χ1v) is 15.5. The maximum Gasteiger partial charge on any atom is 0.422 e. The van der Waals surface area contributed by atoms with Gasteiger partial charge in [-0.3, -0.25) is 14.4 Å². The number of anilines is 3. The molecule has 2 aromatic heterocycles. The maximum atomic E-state index is 12.8. The van der Waals surface area contributed by atoms with Crippen molar-refractivity contribution in [1.82, 2.24) is 25.6 Å². The summed E-state index contributed by atoms with van der Waals surface area (Å²) in [5.41, 5.74) is 1.14. The summed E-state index contributed by atoms with van der Waals surface area (Å²) < 4.78 is 43.1. The van der Waals surface area contributed by atoms with Crippen LogP contribution in [0.1, 0.15) is 35.3 Å². The Labute approximate surface area is 290 Å². The molecule has 0 saturated carbocycles. The van der Waals surface area contributed by atoms with E-state index >= 15 is 0 Å². The fourth-order valence-corrected chi connectivity index (χ4v) is 4.34. The first kappa shape index (κ1) is 36.9. The van der Waals surface area contributed by atoms with E-state index in [0.29, 0.717) is 22.2 Å². The van der Waals surface area contributed by atoms with Crippen LogP contribution in [0.25, 0.3) is 0 Å². The third-order valence-corrected chi connectivity index (χ3v) is 7.23. The number of hydrogen-bond donors (Lipinski definition) is 4. The van der Waals surface area contributed by atoms with Gasteiger partial charge in [0.2, 0.25) is 5.78 Å². The average molecular weight is 719 g/mol. The Morgan fingerprint density at radius 1 is 0.796 bits per heavy atom. The molecule has 0 unspecified atom stereocenters. The van der Waals surface area contributed by atoms with E-state index in [1.807, 2.05) is 13.8 Å². The Bertz CT molecular complexity index is 1760. The molecule has 2 aromatic carbocycles. The number of ether oxygens (including phenoxy) is 1. The molecule has 4 aromatic rings. The van der Waals surface area contributed by atoms with Gasteiger partial charge in [-0.1, -0.05) is 61.3 Å². The number of Topliss-reactive ketones (excluding diaryl/α,β-unsaturated/α-hetero) is 1. The van der Waals surface area contributed by atoms with Gasteiger partial charge in [0.25, 0.3) is 11.8 Å². The highest BCUT2D eigenvalue weighted by molar-refractivity contribution is 6.36. The van der Waals surface area contributed by atoms with Crippen molar-refractivity contribution in [2.24, 2.45) is 5.41 Å². The van der Waals surface area contributed by atoms with E-state index in [2.05, 4.69) is 36.2 Å². The Hall–Kier alpha value is -4.95. The number of nitrogens with zero attached hydrogens (tertiary/aromatic N) is 3. The summed E-state index contributed by atoms with van der Waals surface area (Å²) in [5, 5.41) is 12.4. The highest BCUT2D eigenvalue weighted by Crippen LogP contribution is 2.23. The second kappa shape index (κ2) is 16.4. The van der Waals surface area contributed by atoms with Crippen molar-refractivity contribution in [2.75, 3.05) is 30.3 Å². The molecule has 11 nitrogen and oxygen atoms in total. The first-order valence-electron chi connectivity index (χ1n) is 14.8. The SMILES string of the molecule is CC(C)(CNC(=O)C(=O)Cc1ccc(Cl)cc1)CNC(=O)c1ccc(Nc2cc(NCc3ccc(Cl)cc3)nc(OCC(F)(F)F)n2)nc1. The molecule has 16 heteroatoms. The van der Waals surface area contributed by atoms with Gasteiger partial charge in [-0.05, 0) is 52.9 Å². The van der Waals surface area contributed by atoms with Crippen LogP contribution in [0.5, 0.6) is 6.01 Å². The molecule has 2 heterocycles. The summed E-state index contributed by atoms with van der Waals surface area (Å²) >= 11 is 11.8. The summed E-state index contributed by atoms with van der Waals surface area (Å²) in [6.45, 7) is 2.64. The first-order chi connectivity index (χ1) is 23.1. The van der Waals surface area contributed by atoms with Crippen LogP contribution in [-0.2, 0) is 22.6 Å². The molecule has 0 fully saturated rings. The van der Waals surface area contributed by atoms with Crippen molar-refractivity contribution >= 4 is 58.3 Å². The second-order valence-electron chi connectivity index (χ2n) is 11.6. The lowest BCUT2D eigenvalue weighted by Crippen LogP contribution is -2.44. The van der Waals surface area contributed by atoms with Crippen LogP contribution < -0.4 is 26.0 Å². The Kier molecular flexibility index (Phi) is 12.4. The Balaban J connectivity index is 1.31. The third kappa shape index (κ3) is 12.5. The number of nitrogens with one attached hydrogen (secondary N) is 4. The number of carbonyl (C=O) groups is 3. The number of ketones is 1. The molecule has 2 amide bonds. The van der Waals surface area contributed by atoms with Crippen molar-refractivity contribution in [3.8, 4) is 6.01 Å². The number of amides is 2. The van der Waals surface area contributed by atoms with Gasteiger partial charge in [-0.25, -0.2) is 4.98 Å². The minimum absolute atomic E-state index is 0.0649. The number of halogens is 5. The zero-order chi connectivity index (χ0) is 35.6. The molecule has 0 aliphatic carbocycles. The molecule has 0 atom stereocenters. The van der Waals surface area contributed by atoms with Crippen LogP contribution in [0.4, 0.5) is 30.6 Å². The predicted molar refractivity (Wildman–Crippen MR) is 179 cm³/mol. The number of pyridine rings is 1. The van der Waals surface area contributed by atoms with E-state index in [1.54, 1.807) is 48.5 Å². The molecule has 0 bridgehead atoms. The molecular weight excluding hydrogens is 686 g/mol. The predicted octanol–water partition coefficient (Wildman–Crippen LogP) is 6.16. The van der Waals surface area contributed by atoms with E-state index in [9.17, 15) is 27.6 Å². The minimum atomic E-state index is -4.59. The molecule has 0 radical (unpaired) electrons. The molecule has 4 N–H and O–H groups in total. The molecule has 0 aliphatic rings. The van der Waals surface area contributed by atoms with Crippen molar-refractivity contribution < 1.29 is 32.3 Å². The lowest BCUT2D eigenvalue weighted by Gasteiger charge is -2.25. The van der Waals surface area contributed by atoms with Gasteiger partial charge < -0.3 is 26.0 Å². The molecule has 258 valence electrons. The number of hydrogen-bond acceptors (Lipinski definition) is 9. The van der Waals surface area contributed by atoms with Gasteiger partial charge in [-0.15, -0.1) is 0 Å². The van der Waals surface area contributed by atoms with E-state index < -0.39 is 41.8 Å². The van der Waals surface area contributed by atoms with E-state index in [0.717, 1.165) is 5.56 Å². The van der Waals surface area contributed by atoms with Gasteiger partial charge in [0.05, 0.1) is 5.56 Å². The summed E-state index contributed by atoms with van der Waals surface area (Å²) in [4.78, 5) is 49.7. The monoisotopic (exact) mass is 717 g/mol. The zero-order valence-electron chi connectivity index (χ0n) is 26.3. The summed E-state index contributed by atoms with van der Waals surface area (Å²) in [6, 6.07) is 17.5. The third-order valence-electron chi connectivity index (χ3n) is 6.73.